The van der Waals surface area contributed by atoms with E-state index in [9.17, 15) is 9.59 Å². The maximum absolute atomic E-state index is 12.6. The molecule has 5 N–H and O–H groups in total. The number of primary amides is 1. The molecule has 3 aromatic rings. The average molecular weight is 483 g/mol. The van der Waals surface area contributed by atoms with Gasteiger partial charge in [0.1, 0.15) is 5.82 Å². The molecule has 0 atom stereocenters. The second-order valence-electron chi connectivity index (χ2n) is 7.70. The number of anilines is 4. The maximum Gasteiger partial charge on any atom is 0.309 e. The van der Waals surface area contributed by atoms with Gasteiger partial charge in [-0.2, -0.15) is 15.0 Å². The molecule has 1 aliphatic heterocycles. The molecule has 1 aliphatic rings. The van der Waals surface area contributed by atoms with Crippen molar-refractivity contribution in [1.82, 2.24) is 19.9 Å². The molecule has 1 saturated heterocycles. The van der Waals surface area contributed by atoms with E-state index in [1.807, 2.05) is 0 Å². The normalized spacial score (nSPS) is 14.0. The van der Waals surface area contributed by atoms with Crippen LogP contribution in [0.5, 0.6) is 0 Å². The number of nitrogen functional groups attached to an aromatic ring is 1. The number of halogens is 1. The van der Waals surface area contributed by atoms with Gasteiger partial charge in [-0.3, -0.25) is 9.59 Å². The van der Waals surface area contributed by atoms with E-state index < -0.39 is 5.91 Å². The van der Waals surface area contributed by atoms with Crippen molar-refractivity contribution < 1.29 is 14.3 Å². The smallest absolute Gasteiger partial charge is 0.309 e. The third kappa shape index (κ3) is 5.87. The molecule has 1 aromatic carbocycles. The van der Waals surface area contributed by atoms with Crippen LogP contribution in [0.15, 0.2) is 42.6 Å². The summed E-state index contributed by atoms with van der Waals surface area (Å²) in [7, 11) is 0. The molecular weight excluding hydrogens is 460 g/mol. The number of amides is 1. The van der Waals surface area contributed by atoms with Gasteiger partial charge < -0.3 is 26.4 Å². The zero-order valence-corrected chi connectivity index (χ0v) is 18.9. The van der Waals surface area contributed by atoms with Gasteiger partial charge in [0.2, 0.25) is 17.8 Å². The van der Waals surface area contributed by atoms with Crippen molar-refractivity contribution in [3.05, 3.63) is 59.0 Å². The first-order valence-electron chi connectivity index (χ1n) is 10.6. The van der Waals surface area contributed by atoms with Gasteiger partial charge in [0.05, 0.1) is 11.5 Å². The first kappa shape index (κ1) is 23.2. The first-order valence-corrected chi connectivity index (χ1v) is 11.0. The number of ether oxygens (including phenoxy) is 1. The number of pyridine rings is 1. The van der Waals surface area contributed by atoms with Gasteiger partial charge in [-0.15, -0.1) is 0 Å². The Bertz CT molecular complexity index is 1170. The van der Waals surface area contributed by atoms with Gasteiger partial charge in [-0.05, 0) is 49.2 Å². The molecule has 1 amide bonds. The molecule has 0 saturated carbocycles. The second kappa shape index (κ2) is 10.3. The first-order chi connectivity index (χ1) is 16.4. The number of hydrogen-bond acceptors (Lipinski definition) is 10. The Labute approximate surface area is 200 Å². The van der Waals surface area contributed by atoms with Crippen LogP contribution >= 0.6 is 11.6 Å². The van der Waals surface area contributed by atoms with Gasteiger partial charge in [0.25, 0.3) is 0 Å². The zero-order valence-electron chi connectivity index (χ0n) is 18.1. The molecule has 176 valence electrons. The van der Waals surface area contributed by atoms with E-state index in [-0.39, 0.29) is 36.2 Å². The summed E-state index contributed by atoms with van der Waals surface area (Å²) in [6, 6.07) is 10.4. The van der Waals surface area contributed by atoms with Crippen molar-refractivity contribution in [3.63, 3.8) is 0 Å². The third-order valence-corrected chi connectivity index (χ3v) is 5.58. The molecular formula is C22H23ClN8O3. The number of nitrogens with one attached hydrogen (secondary N) is 1. The number of nitrogens with two attached hydrogens (primary N) is 2. The van der Waals surface area contributed by atoms with Crippen molar-refractivity contribution >= 4 is 46.9 Å². The minimum Gasteiger partial charge on any atom is -0.457 e. The summed E-state index contributed by atoms with van der Waals surface area (Å²) in [6.07, 6.45) is 2.68. The van der Waals surface area contributed by atoms with Crippen molar-refractivity contribution in [2.45, 2.75) is 19.4 Å². The van der Waals surface area contributed by atoms with Crippen LogP contribution in [-0.2, 0) is 16.1 Å². The molecule has 0 unspecified atom stereocenters. The van der Waals surface area contributed by atoms with E-state index in [1.54, 1.807) is 36.4 Å². The standard InChI is InChI=1S/C22H23ClN8O3/c23-15-2-4-16(5-3-15)27-22-29-17(28-21(25)30-22)12-34-20(33)13-7-9-31(10-8-13)18-6-1-14(11-26-18)19(24)32/h1-6,11,13H,7-10,12H2,(H2,24,32)(H3,25,27,28,29,30). The van der Waals surface area contributed by atoms with Gasteiger partial charge in [-0.25, -0.2) is 4.98 Å². The van der Waals surface area contributed by atoms with E-state index >= 15 is 0 Å². The highest BCUT2D eigenvalue weighted by molar-refractivity contribution is 6.30. The predicted molar refractivity (Wildman–Crippen MR) is 126 cm³/mol. The van der Waals surface area contributed by atoms with Crippen LogP contribution in [0, 0.1) is 5.92 Å². The van der Waals surface area contributed by atoms with Crippen molar-refractivity contribution in [2.24, 2.45) is 11.7 Å². The average Bonchev–Trinajstić information content (AvgIpc) is 2.84. The Balaban J connectivity index is 1.29. The highest BCUT2D eigenvalue weighted by atomic mass is 35.5. The number of carbonyl (C=O) groups is 2. The monoisotopic (exact) mass is 482 g/mol. The van der Waals surface area contributed by atoms with Gasteiger partial charge in [0, 0.05) is 30.0 Å². The van der Waals surface area contributed by atoms with Crippen LogP contribution in [0.1, 0.15) is 29.0 Å². The molecule has 2 aromatic heterocycles. The predicted octanol–water partition coefficient (Wildman–Crippen LogP) is 2.30. The molecule has 1 fully saturated rings. The van der Waals surface area contributed by atoms with E-state index in [0.29, 0.717) is 36.5 Å². The Kier molecular flexibility index (Phi) is 7.02. The highest BCUT2D eigenvalue weighted by Crippen LogP contribution is 2.23. The topological polar surface area (TPSA) is 162 Å². The summed E-state index contributed by atoms with van der Waals surface area (Å²) in [4.78, 5) is 42.5. The summed E-state index contributed by atoms with van der Waals surface area (Å²) in [6.45, 7) is 1.16. The number of nitrogens with zero attached hydrogens (tertiary/aromatic N) is 5. The molecule has 4 rings (SSSR count). The fraction of sp³-hybridized carbons (Fsp3) is 0.273. The van der Waals surface area contributed by atoms with Crippen molar-refractivity contribution in [3.8, 4) is 0 Å². The summed E-state index contributed by atoms with van der Waals surface area (Å²) < 4.78 is 5.45. The fourth-order valence-corrected chi connectivity index (χ4v) is 3.66. The lowest BCUT2D eigenvalue weighted by atomic mass is 9.97. The zero-order chi connectivity index (χ0) is 24.1. The lowest BCUT2D eigenvalue weighted by molar-refractivity contribution is -0.150. The summed E-state index contributed by atoms with van der Waals surface area (Å²) in [5.41, 5.74) is 12.1. The molecule has 3 heterocycles. The van der Waals surface area contributed by atoms with Crippen LogP contribution in [0.4, 0.5) is 23.4 Å². The molecule has 0 spiro atoms. The Morgan fingerprint density at radius 2 is 1.82 bits per heavy atom. The maximum atomic E-state index is 12.6. The Hall–Kier alpha value is -3.99. The van der Waals surface area contributed by atoms with E-state index in [2.05, 4.69) is 30.2 Å². The minimum absolute atomic E-state index is 0.0145. The number of benzene rings is 1. The van der Waals surface area contributed by atoms with Gasteiger partial charge >= 0.3 is 5.97 Å². The van der Waals surface area contributed by atoms with Crippen molar-refractivity contribution in [1.29, 1.82) is 0 Å². The number of esters is 1. The molecule has 0 radical (unpaired) electrons. The second-order valence-corrected chi connectivity index (χ2v) is 8.14. The highest BCUT2D eigenvalue weighted by Gasteiger charge is 2.27. The summed E-state index contributed by atoms with van der Waals surface area (Å²) >= 11 is 5.90. The number of aromatic nitrogens is 4. The van der Waals surface area contributed by atoms with Crippen molar-refractivity contribution in [2.75, 3.05) is 29.0 Å². The quantitative estimate of drug-likeness (QED) is 0.426. The molecule has 0 aliphatic carbocycles. The van der Waals surface area contributed by atoms with Crippen LogP contribution in [0.3, 0.4) is 0 Å². The van der Waals surface area contributed by atoms with Gasteiger partial charge in [0.15, 0.2) is 12.4 Å². The molecule has 11 nitrogen and oxygen atoms in total. The lowest BCUT2D eigenvalue weighted by Crippen LogP contribution is -2.37. The lowest BCUT2D eigenvalue weighted by Gasteiger charge is -2.31. The third-order valence-electron chi connectivity index (χ3n) is 5.33. The number of rotatable bonds is 7. The SMILES string of the molecule is NC(=O)c1ccc(N2CCC(C(=O)OCc3nc(N)nc(Nc4ccc(Cl)cc4)n3)CC2)nc1. The number of carbonyl (C=O) groups excluding carboxylic acids is 2. The van der Waals surface area contributed by atoms with E-state index in [1.165, 1.54) is 6.20 Å². The van der Waals surface area contributed by atoms with Crippen LogP contribution < -0.4 is 21.7 Å². The van der Waals surface area contributed by atoms with Gasteiger partial charge in [-0.1, -0.05) is 11.6 Å². The molecule has 12 heteroatoms. The Morgan fingerprint density at radius 3 is 2.47 bits per heavy atom. The minimum atomic E-state index is -0.520. The molecule has 0 bridgehead atoms. The van der Waals surface area contributed by atoms with Crippen LogP contribution in [0.25, 0.3) is 0 Å². The van der Waals surface area contributed by atoms with E-state index in [4.69, 9.17) is 27.8 Å². The summed E-state index contributed by atoms with van der Waals surface area (Å²) in [5, 5.41) is 3.62. The number of hydrogen-bond donors (Lipinski definition) is 3. The number of piperidine rings is 1. The largest absolute Gasteiger partial charge is 0.457 e. The summed E-state index contributed by atoms with van der Waals surface area (Å²) in [5.74, 6) is 0.152. The Morgan fingerprint density at radius 1 is 1.09 bits per heavy atom. The van der Waals surface area contributed by atoms with E-state index in [0.717, 1.165) is 11.5 Å². The van der Waals surface area contributed by atoms with Crippen LogP contribution in [0.2, 0.25) is 5.02 Å². The van der Waals surface area contributed by atoms with Crippen LogP contribution in [-0.4, -0.2) is 44.9 Å². The fourth-order valence-electron chi connectivity index (χ4n) is 3.54. The molecule has 34 heavy (non-hydrogen) atoms.